The fraction of sp³-hybridized carbons (Fsp3) is 0.375. The third-order valence-electron chi connectivity index (χ3n) is 3.26. The molecule has 0 radical (unpaired) electrons. The molecule has 0 saturated carbocycles. The van der Waals surface area contributed by atoms with Gasteiger partial charge in [0.2, 0.25) is 0 Å². The molecular weight excluding hydrogens is 238 g/mol. The van der Waals surface area contributed by atoms with Crippen molar-refractivity contribution < 1.29 is 9.47 Å². The van der Waals surface area contributed by atoms with Crippen LogP contribution in [-0.4, -0.2) is 34.0 Å². The van der Waals surface area contributed by atoms with E-state index in [1.165, 1.54) is 16.3 Å². The Morgan fingerprint density at radius 1 is 1.05 bits per heavy atom. The van der Waals surface area contributed by atoms with E-state index in [4.69, 9.17) is 9.47 Å². The number of rotatable bonds is 7. The second-order valence-electron chi connectivity index (χ2n) is 4.48. The van der Waals surface area contributed by atoms with Crippen LogP contribution in [0, 0.1) is 0 Å². The van der Waals surface area contributed by atoms with E-state index >= 15 is 0 Å². The van der Waals surface area contributed by atoms with E-state index in [0.29, 0.717) is 19.8 Å². The van der Waals surface area contributed by atoms with Gasteiger partial charge in [0.25, 0.3) is 0 Å². The molecule has 3 heteroatoms. The lowest BCUT2D eigenvalue weighted by molar-refractivity contribution is 0.0598. The number of methoxy groups -OCH3 is 1. The topological polar surface area (TPSA) is 30.5 Å². The number of hydrogen-bond donors (Lipinski definition) is 1. The molecule has 1 N–H and O–H groups in total. The number of hydrogen-bond acceptors (Lipinski definition) is 3. The molecule has 3 nitrogen and oxygen atoms in total. The summed E-state index contributed by atoms with van der Waals surface area (Å²) >= 11 is 0. The normalized spacial score (nSPS) is 12.7. The van der Waals surface area contributed by atoms with Crippen LogP contribution >= 0.6 is 0 Å². The molecule has 2 aromatic rings. The van der Waals surface area contributed by atoms with Gasteiger partial charge in [0.05, 0.1) is 25.9 Å². The molecule has 0 amide bonds. The van der Waals surface area contributed by atoms with Gasteiger partial charge in [-0.25, -0.2) is 0 Å². The smallest absolute Gasteiger partial charge is 0.0701 e. The molecule has 1 atom stereocenters. The van der Waals surface area contributed by atoms with E-state index in [1.54, 1.807) is 7.11 Å². The Kier molecular flexibility index (Phi) is 5.33. The van der Waals surface area contributed by atoms with Crippen LogP contribution in [0.25, 0.3) is 10.8 Å². The summed E-state index contributed by atoms with van der Waals surface area (Å²) in [5, 5.41) is 5.86. The minimum absolute atomic E-state index is 0.197. The fourth-order valence-electron chi connectivity index (χ4n) is 2.23. The van der Waals surface area contributed by atoms with Crippen LogP contribution in [0.1, 0.15) is 11.6 Å². The van der Waals surface area contributed by atoms with Gasteiger partial charge in [-0.05, 0) is 23.4 Å². The summed E-state index contributed by atoms with van der Waals surface area (Å²) in [7, 11) is 3.65. The van der Waals surface area contributed by atoms with E-state index in [1.807, 2.05) is 7.05 Å². The van der Waals surface area contributed by atoms with E-state index in [0.717, 1.165) is 0 Å². The molecule has 1 unspecified atom stereocenters. The van der Waals surface area contributed by atoms with Gasteiger partial charge in [-0.3, -0.25) is 0 Å². The number of likely N-dealkylation sites (N-methyl/N-ethyl adjacent to an activating group) is 1. The number of nitrogens with one attached hydrogen (secondary N) is 1. The van der Waals surface area contributed by atoms with Gasteiger partial charge < -0.3 is 14.8 Å². The average Bonchev–Trinajstić information content (AvgIpc) is 2.47. The molecule has 0 heterocycles. The molecule has 0 aliphatic rings. The minimum atomic E-state index is 0.197. The van der Waals surface area contributed by atoms with Crippen LogP contribution < -0.4 is 5.32 Å². The molecule has 0 bridgehead atoms. The van der Waals surface area contributed by atoms with Crippen molar-refractivity contribution in [2.45, 2.75) is 6.04 Å². The van der Waals surface area contributed by atoms with E-state index in [2.05, 4.69) is 47.8 Å². The number of ether oxygens (including phenoxy) is 2. The lowest BCUT2D eigenvalue weighted by Gasteiger charge is -2.18. The average molecular weight is 259 g/mol. The largest absolute Gasteiger partial charge is 0.382 e. The standard InChI is InChI=1S/C16H21NO2/c1-17-16(12-19-11-10-18-2)15-9-5-7-13-6-3-4-8-14(13)15/h3-9,16-17H,10-12H2,1-2H3. The van der Waals surface area contributed by atoms with Gasteiger partial charge in [0.1, 0.15) is 0 Å². The molecule has 0 aliphatic heterocycles. The third-order valence-corrected chi connectivity index (χ3v) is 3.26. The molecule has 0 aromatic heterocycles. The van der Waals surface area contributed by atoms with Crippen molar-refractivity contribution in [3.05, 3.63) is 48.0 Å². The molecule has 2 aromatic carbocycles. The Morgan fingerprint density at radius 3 is 2.63 bits per heavy atom. The summed E-state index contributed by atoms with van der Waals surface area (Å²) in [6.07, 6.45) is 0. The van der Waals surface area contributed by atoms with E-state index < -0.39 is 0 Å². The first-order chi connectivity index (χ1) is 9.36. The highest BCUT2D eigenvalue weighted by Crippen LogP contribution is 2.24. The zero-order valence-corrected chi connectivity index (χ0v) is 11.6. The van der Waals surface area contributed by atoms with Crippen LogP contribution in [0.2, 0.25) is 0 Å². The highest BCUT2D eigenvalue weighted by Gasteiger charge is 2.12. The second kappa shape index (κ2) is 7.24. The maximum absolute atomic E-state index is 5.64. The summed E-state index contributed by atoms with van der Waals surface area (Å²) in [4.78, 5) is 0. The van der Waals surface area contributed by atoms with Crippen LogP contribution in [-0.2, 0) is 9.47 Å². The maximum Gasteiger partial charge on any atom is 0.0701 e. The van der Waals surface area contributed by atoms with Gasteiger partial charge in [0.15, 0.2) is 0 Å². The van der Waals surface area contributed by atoms with Crippen molar-refractivity contribution in [3.63, 3.8) is 0 Å². The minimum Gasteiger partial charge on any atom is -0.382 e. The first-order valence-corrected chi connectivity index (χ1v) is 6.58. The quantitative estimate of drug-likeness (QED) is 0.776. The molecular formula is C16H21NO2. The van der Waals surface area contributed by atoms with Gasteiger partial charge in [-0.15, -0.1) is 0 Å². The summed E-state index contributed by atoms with van der Waals surface area (Å²) < 4.78 is 10.6. The molecule has 0 fully saturated rings. The predicted octanol–water partition coefficient (Wildman–Crippen LogP) is 2.76. The highest BCUT2D eigenvalue weighted by molar-refractivity contribution is 5.86. The van der Waals surface area contributed by atoms with Gasteiger partial charge in [0, 0.05) is 7.11 Å². The zero-order valence-electron chi connectivity index (χ0n) is 11.6. The summed E-state index contributed by atoms with van der Waals surface area (Å²) in [6, 6.07) is 15.0. The monoisotopic (exact) mass is 259 g/mol. The maximum atomic E-state index is 5.64. The first kappa shape index (κ1) is 14.0. The Bertz CT molecular complexity index is 508. The Labute approximate surface area is 114 Å². The molecule has 0 saturated heterocycles. The van der Waals surface area contributed by atoms with Crippen LogP contribution in [0.5, 0.6) is 0 Å². The summed E-state index contributed by atoms with van der Waals surface area (Å²) in [5.41, 5.74) is 1.28. The van der Waals surface area contributed by atoms with Gasteiger partial charge >= 0.3 is 0 Å². The van der Waals surface area contributed by atoms with Crippen LogP contribution in [0.3, 0.4) is 0 Å². The van der Waals surface area contributed by atoms with Crippen molar-refractivity contribution in [3.8, 4) is 0 Å². The fourth-order valence-corrected chi connectivity index (χ4v) is 2.23. The highest BCUT2D eigenvalue weighted by atomic mass is 16.5. The van der Waals surface area contributed by atoms with E-state index in [9.17, 15) is 0 Å². The lowest BCUT2D eigenvalue weighted by Crippen LogP contribution is -2.23. The second-order valence-corrected chi connectivity index (χ2v) is 4.48. The van der Waals surface area contributed by atoms with Gasteiger partial charge in [-0.1, -0.05) is 42.5 Å². The summed E-state index contributed by atoms with van der Waals surface area (Å²) in [5.74, 6) is 0. The van der Waals surface area contributed by atoms with Crippen molar-refractivity contribution in [1.29, 1.82) is 0 Å². The Morgan fingerprint density at radius 2 is 1.84 bits per heavy atom. The van der Waals surface area contributed by atoms with Crippen molar-refractivity contribution in [2.24, 2.45) is 0 Å². The zero-order chi connectivity index (χ0) is 13.5. The van der Waals surface area contributed by atoms with E-state index in [-0.39, 0.29) is 6.04 Å². The molecule has 2 rings (SSSR count). The third kappa shape index (κ3) is 3.53. The molecule has 102 valence electrons. The Balaban J connectivity index is 2.16. The van der Waals surface area contributed by atoms with Crippen molar-refractivity contribution >= 4 is 10.8 Å². The first-order valence-electron chi connectivity index (χ1n) is 6.58. The summed E-state index contributed by atoms with van der Waals surface area (Å²) in [6.45, 7) is 1.90. The SMILES string of the molecule is CNC(COCCOC)c1cccc2ccccc12. The molecule has 0 aliphatic carbocycles. The number of fused-ring (bicyclic) bond motifs is 1. The van der Waals surface area contributed by atoms with Gasteiger partial charge in [-0.2, -0.15) is 0 Å². The predicted molar refractivity (Wildman–Crippen MR) is 78.4 cm³/mol. The lowest BCUT2D eigenvalue weighted by atomic mass is 9.99. The van der Waals surface area contributed by atoms with Crippen LogP contribution in [0.4, 0.5) is 0 Å². The Hall–Kier alpha value is -1.42. The van der Waals surface area contributed by atoms with Crippen molar-refractivity contribution in [1.82, 2.24) is 5.32 Å². The van der Waals surface area contributed by atoms with Crippen LogP contribution in [0.15, 0.2) is 42.5 Å². The number of benzene rings is 2. The van der Waals surface area contributed by atoms with Crippen molar-refractivity contribution in [2.75, 3.05) is 34.0 Å². The molecule has 19 heavy (non-hydrogen) atoms. The molecule has 0 spiro atoms.